The number of hydrogen-bond acceptors (Lipinski definition) is 4. The predicted molar refractivity (Wildman–Crippen MR) is 110 cm³/mol. The zero-order valence-corrected chi connectivity index (χ0v) is 16.3. The average Bonchev–Trinajstić information content (AvgIpc) is 3.18. The molecule has 0 unspecified atom stereocenters. The number of carbonyl (C=O) groups is 1. The van der Waals surface area contributed by atoms with Gasteiger partial charge in [0.15, 0.2) is 0 Å². The van der Waals surface area contributed by atoms with Gasteiger partial charge < -0.3 is 4.90 Å². The van der Waals surface area contributed by atoms with Crippen molar-refractivity contribution in [2.75, 3.05) is 37.6 Å². The van der Waals surface area contributed by atoms with Crippen molar-refractivity contribution >= 4 is 11.6 Å². The standard InChI is InChI=1S/C23H26N4O/c1-18(23(28)27-11-10-21-4-2-3-5-22(21)27)26-14-12-25(13-15-26)17-20-8-6-19(16-24)7-9-20/h2-9,18H,10-15,17H2,1H3/t18-/m0/s1. The average molecular weight is 374 g/mol. The first-order valence-corrected chi connectivity index (χ1v) is 10.0. The van der Waals surface area contributed by atoms with Crippen LogP contribution in [0.4, 0.5) is 5.69 Å². The summed E-state index contributed by atoms with van der Waals surface area (Å²) >= 11 is 0. The minimum absolute atomic E-state index is 0.0942. The molecule has 2 aromatic rings. The molecule has 2 heterocycles. The van der Waals surface area contributed by atoms with Gasteiger partial charge >= 0.3 is 0 Å². The van der Waals surface area contributed by atoms with Crippen LogP contribution < -0.4 is 4.90 Å². The third-order valence-corrected chi connectivity index (χ3v) is 5.95. The van der Waals surface area contributed by atoms with E-state index in [9.17, 15) is 4.79 Å². The molecule has 0 saturated carbocycles. The quantitative estimate of drug-likeness (QED) is 0.826. The van der Waals surface area contributed by atoms with Crippen molar-refractivity contribution in [3.63, 3.8) is 0 Å². The number of nitriles is 1. The van der Waals surface area contributed by atoms with Crippen molar-refractivity contribution in [2.45, 2.75) is 25.9 Å². The Balaban J connectivity index is 1.32. The lowest BCUT2D eigenvalue weighted by Gasteiger charge is -2.38. The van der Waals surface area contributed by atoms with Crippen LogP contribution >= 0.6 is 0 Å². The van der Waals surface area contributed by atoms with E-state index in [0.29, 0.717) is 5.56 Å². The van der Waals surface area contributed by atoms with E-state index in [1.54, 1.807) is 0 Å². The van der Waals surface area contributed by atoms with E-state index < -0.39 is 0 Å². The van der Waals surface area contributed by atoms with Crippen molar-refractivity contribution in [1.29, 1.82) is 5.26 Å². The van der Waals surface area contributed by atoms with Crippen LogP contribution in [0.2, 0.25) is 0 Å². The summed E-state index contributed by atoms with van der Waals surface area (Å²) in [5.41, 5.74) is 4.28. The van der Waals surface area contributed by atoms with Crippen LogP contribution in [0.1, 0.15) is 23.6 Å². The van der Waals surface area contributed by atoms with Gasteiger partial charge in [-0.25, -0.2) is 0 Å². The van der Waals surface area contributed by atoms with Crippen LogP contribution in [0.15, 0.2) is 48.5 Å². The highest BCUT2D eigenvalue weighted by atomic mass is 16.2. The molecule has 0 aliphatic carbocycles. The molecule has 0 bridgehead atoms. The number of anilines is 1. The van der Waals surface area contributed by atoms with E-state index in [1.165, 1.54) is 11.1 Å². The van der Waals surface area contributed by atoms with E-state index in [0.717, 1.165) is 51.4 Å². The van der Waals surface area contributed by atoms with Gasteiger partial charge in [-0.1, -0.05) is 30.3 Å². The molecule has 1 amide bonds. The Morgan fingerprint density at radius 1 is 1.04 bits per heavy atom. The number of benzene rings is 2. The third kappa shape index (κ3) is 3.80. The molecule has 0 radical (unpaired) electrons. The largest absolute Gasteiger partial charge is 0.310 e. The number of amides is 1. The molecule has 0 spiro atoms. The predicted octanol–water partition coefficient (Wildman–Crippen LogP) is 2.65. The molecule has 2 aromatic carbocycles. The van der Waals surface area contributed by atoms with Gasteiger partial charge in [-0.2, -0.15) is 5.26 Å². The maximum atomic E-state index is 13.1. The summed E-state index contributed by atoms with van der Waals surface area (Å²) in [5, 5.41) is 8.91. The van der Waals surface area contributed by atoms with E-state index in [2.05, 4.69) is 28.0 Å². The summed E-state index contributed by atoms with van der Waals surface area (Å²) in [6.07, 6.45) is 0.951. The van der Waals surface area contributed by atoms with Crippen LogP contribution in [0.3, 0.4) is 0 Å². The molecule has 0 aromatic heterocycles. The first-order valence-electron chi connectivity index (χ1n) is 10.0. The first kappa shape index (κ1) is 18.7. The molecule has 5 heteroatoms. The second kappa shape index (κ2) is 8.14. The number of carbonyl (C=O) groups excluding carboxylic acids is 1. The summed E-state index contributed by atoms with van der Waals surface area (Å²) < 4.78 is 0. The molecular formula is C23H26N4O. The normalized spacial score (nSPS) is 18.5. The highest BCUT2D eigenvalue weighted by Gasteiger charge is 2.32. The Hall–Kier alpha value is -2.68. The van der Waals surface area contributed by atoms with Crippen molar-refractivity contribution < 1.29 is 4.79 Å². The Bertz CT molecular complexity index is 878. The number of hydrogen-bond donors (Lipinski definition) is 0. The molecule has 2 aliphatic rings. The van der Waals surface area contributed by atoms with E-state index in [4.69, 9.17) is 5.26 Å². The van der Waals surface area contributed by atoms with Crippen molar-refractivity contribution in [3.8, 4) is 6.07 Å². The van der Waals surface area contributed by atoms with Gasteiger partial charge in [0.05, 0.1) is 17.7 Å². The Kier molecular flexibility index (Phi) is 5.43. The minimum atomic E-state index is -0.0942. The molecule has 2 aliphatic heterocycles. The highest BCUT2D eigenvalue weighted by molar-refractivity contribution is 5.98. The number of rotatable bonds is 4. The number of fused-ring (bicyclic) bond motifs is 1. The smallest absolute Gasteiger partial charge is 0.244 e. The summed E-state index contributed by atoms with van der Waals surface area (Å²) in [6, 6.07) is 18.1. The summed E-state index contributed by atoms with van der Waals surface area (Å²) in [7, 11) is 0. The van der Waals surface area contributed by atoms with Gasteiger partial charge in [-0.3, -0.25) is 14.6 Å². The van der Waals surface area contributed by atoms with Crippen molar-refractivity contribution in [2.24, 2.45) is 0 Å². The van der Waals surface area contributed by atoms with Crippen LogP contribution in [-0.2, 0) is 17.8 Å². The first-order chi connectivity index (χ1) is 13.7. The van der Waals surface area contributed by atoms with Crippen molar-refractivity contribution in [1.82, 2.24) is 9.80 Å². The molecule has 0 N–H and O–H groups in total. The second-order valence-electron chi connectivity index (χ2n) is 7.67. The Morgan fingerprint density at radius 3 is 2.46 bits per heavy atom. The lowest BCUT2D eigenvalue weighted by atomic mass is 10.1. The lowest BCUT2D eigenvalue weighted by molar-refractivity contribution is -0.123. The SMILES string of the molecule is C[C@@H](C(=O)N1CCc2ccccc21)N1CCN(Cc2ccc(C#N)cc2)CC1. The second-order valence-corrected chi connectivity index (χ2v) is 7.67. The molecule has 5 nitrogen and oxygen atoms in total. The van der Waals surface area contributed by atoms with Crippen LogP contribution in [0.25, 0.3) is 0 Å². The fourth-order valence-electron chi connectivity index (χ4n) is 4.20. The molecule has 28 heavy (non-hydrogen) atoms. The third-order valence-electron chi connectivity index (χ3n) is 5.95. The topological polar surface area (TPSA) is 50.6 Å². The highest BCUT2D eigenvalue weighted by Crippen LogP contribution is 2.28. The van der Waals surface area contributed by atoms with Crippen molar-refractivity contribution in [3.05, 3.63) is 65.2 Å². The molecule has 144 valence electrons. The molecular weight excluding hydrogens is 348 g/mol. The van der Waals surface area contributed by atoms with Gasteiger partial charge in [0, 0.05) is 45.0 Å². The molecule has 4 rings (SSSR count). The number of piperazine rings is 1. The van der Waals surface area contributed by atoms with Crippen LogP contribution in [0.5, 0.6) is 0 Å². The maximum Gasteiger partial charge on any atom is 0.244 e. The summed E-state index contributed by atoms with van der Waals surface area (Å²) in [4.78, 5) is 19.8. The van der Waals surface area contributed by atoms with Crippen LogP contribution in [0, 0.1) is 11.3 Å². The number of nitrogens with zero attached hydrogens (tertiary/aromatic N) is 4. The fourth-order valence-corrected chi connectivity index (χ4v) is 4.20. The minimum Gasteiger partial charge on any atom is -0.310 e. The Morgan fingerprint density at radius 2 is 1.75 bits per heavy atom. The van der Waals surface area contributed by atoms with E-state index in [1.807, 2.05) is 48.2 Å². The lowest BCUT2D eigenvalue weighted by Crippen LogP contribution is -2.54. The van der Waals surface area contributed by atoms with Gasteiger partial charge in [-0.15, -0.1) is 0 Å². The van der Waals surface area contributed by atoms with Gasteiger partial charge in [0.25, 0.3) is 0 Å². The van der Waals surface area contributed by atoms with Gasteiger partial charge in [0.2, 0.25) is 5.91 Å². The van der Waals surface area contributed by atoms with E-state index >= 15 is 0 Å². The van der Waals surface area contributed by atoms with Gasteiger partial charge in [-0.05, 0) is 42.7 Å². The monoisotopic (exact) mass is 374 g/mol. The summed E-state index contributed by atoms with van der Waals surface area (Å²) in [6.45, 7) is 7.43. The molecule has 1 saturated heterocycles. The Labute approximate surface area is 166 Å². The van der Waals surface area contributed by atoms with Crippen LogP contribution in [-0.4, -0.2) is 54.5 Å². The fraction of sp³-hybridized carbons (Fsp3) is 0.391. The summed E-state index contributed by atoms with van der Waals surface area (Å²) in [5.74, 6) is 0.213. The van der Waals surface area contributed by atoms with E-state index in [-0.39, 0.29) is 11.9 Å². The number of para-hydroxylation sites is 1. The maximum absolute atomic E-state index is 13.1. The zero-order chi connectivity index (χ0) is 19.5. The molecule has 1 atom stereocenters. The molecule has 1 fully saturated rings. The zero-order valence-electron chi connectivity index (χ0n) is 16.3. The van der Waals surface area contributed by atoms with Gasteiger partial charge in [0.1, 0.15) is 0 Å².